The molecule has 0 saturated carbocycles. The monoisotopic (exact) mass is 186 g/mol. The lowest BCUT2D eigenvalue weighted by atomic mass is 9.86. The quantitative estimate of drug-likeness (QED) is 0.447. The van der Waals surface area contributed by atoms with Crippen LogP contribution in [0.3, 0.4) is 0 Å². The van der Waals surface area contributed by atoms with E-state index >= 15 is 0 Å². The average molecular weight is 187 g/mol. The smallest absolute Gasteiger partial charge is 0.0468 e. The number of rotatable bonds is 5. The van der Waals surface area contributed by atoms with Gasteiger partial charge in [0.1, 0.15) is 0 Å². The average Bonchev–Trinajstić information content (AvgIpc) is 2.04. The second-order valence-corrected chi connectivity index (χ2v) is 4.18. The molecule has 0 nitrogen and oxygen atoms in total. The molecule has 0 aliphatic rings. The molecule has 0 fully saturated rings. The van der Waals surface area contributed by atoms with E-state index in [0.29, 0.717) is 11.3 Å². The summed E-state index contributed by atoms with van der Waals surface area (Å²) in [5.41, 5.74) is 1.40. The first-order valence-corrected chi connectivity index (χ1v) is 4.95. The largest absolute Gasteiger partial charge is 0.122 e. The third kappa shape index (κ3) is 5.42. The molecule has 0 unspecified atom stereocenters. The summed E-state index contributed by atoms with van der Waals surface area (Å²) in [7, 11) is 0. The number of alkyl halides is 1. The summed E-state index contributed by atoms with van der Waals surface area (Å²) >= 11 is 5.59. The highest BCUT2D eigenvalue weighted by atomic mass is 35.5. The van der Waals surface area contributed by atoms with E-state index in [1.54, 1.807) is 0 Å². The molecular weight excluding hydrogens is 168 g/mol. The Morgan fingerprint density at radius 1 is 1.50 bits per heavy atom. The van der Waals surface area contributed by atoms with Gasteiger partial charge in [-0.2, -0.15) is 0 Å². The summed E-state index contributed by atoms with van der Waals surface area (Å²) in [5, 5.41) is 0. The predicted molar refractivity (Wildman–Crippen MR) is 57.7 cm³/mol. The van der Waals surface area contributed by atoms with Crippen LogP contribution in [0.25, 0.3) is 0 Å². The predicted octanol–water partition coefficient (Wildman–Crippen LogP) is 4.16. The topological polar surface area (TPSA) is 0 Å². The molecule has 0 atom stereocenters. The molecule has 1 heteroatoms. The SMILES string of the molecule is C=C(C=CCC(C)(C)CC)CCl. The number of halogens is 1. The molecule has 0 aromatic heterocycles. The van der Waals surface area contributed by atoms with Crippen LogP contribution < -0.4 is 0 Å². The van der Waals surface area contributed by atoms with Crippen LogP contribution in [-0.4, -0.2) is 5.88 Å². The summed E-state index contributed by atoms with van der Waals surface area (Å²) in [5.74, 6) is 0.531. The van der Waals surface area contributed by atoms with Crippen molar-refractivity contribution in [1.29, 1.82) is 0 Å². The Morgan fingerprint density at radius 2 is 2.08 bits per heavy atom. The third-order valence-corrected chi connectivity index (χ3v) is 2.50. The van der Waals surface area contributed by atoms with Gasteiger partial charge in [-0.3, -0.25) is 0 Å². The van der Waals surface area contributed by atoms with Crippen LogP contribution in [-0.2, 0) is 0 Å². The van der Waals surface area contributed by atoms with Crippen LogP contribution in [0.1, 0.15) is 33.6 Å². The Kier molecular flexibility index (Phi) is 5.32. The number of hydrogen-bond donors (Lipinski definition) is 0. The molecule has 0 spiro atoms. The third-order valence-electron chi connectivity index (χ3n) is 2.15. The van der Waals surface area contributed by atoms with E-state index in [0.717, 1.165) is 12.0 Å². The first-order valence-electron chi connectivity index (χ1n) is 4.42. The number of allylic oxidation sites excluding steroid dienone is 3. The molecule has 0 aliphatic carbocycles. The first kappa shape index (κ1) is 11.8. The van der Waals surface area contributed by atoms with Crippen LogP contribution in [0.4, 0.5) is 0 Å². The zero-order valence-corrected chi connectivity index (χ0v) is 9.12. The van der Waals surface area contributed by atoms with E-state index in [4.69, 9.17) is 11.6 Å². The summed E-state index contributed by atoms with van der Waals surface area (Å²) in [6.07, 6.45) is 6.47. The molecule has 0 amide bonds. The lowest BCUT2D eigenvalue weighted by Gasteiger charge is -2.19. The van der Waals surface area contributed by atoms with E-state index < -0.39 is 0 Å². The summed E-state index contributed by atoms with van der Waals surface area (Å²) < 4.78 is 0. The van der Waals surface area contributed by atoms with Crippen LogP contribution in [0.2, 0.25) is 0 Å². The Hall–Kier alpha value is -0.230. The minimum atomic E-state index is 0.406. The van der Waals surface area contributed by atoms with Crippen molar-refractivity contribution in [3.8, 4) is 0 Å². The van der Waals surface area contributed by atoms with Crippen LogP contribution in [0, 0.1) is 5.41 Å². The van der Waals surface area contributed by atoms with Crippen LogP contribution in [0.5, 0.6) is 0 Å². The van der Waals surface area contributed by atoms with Crippen LogP contribution in [0.15, 0.2) is 24.3 Å². The highest BCUT2D eigenvalue weighted by Crippen LogP contribution is 2.24. The summed E-state index contributed by atoms with van der Waals surface area (Å²) in [4.78, 5) is 0. The van der Waals surface area contributed by atoms with Gasteiger partial charge in [-0.05, 0) is 17.4 Å². The molecular formula is C11H19Cl. The zero-order valence-electron chi connectivity index (χ0n) is 8.36. The van der Waals surface area contributed by atoms with Gasteiger partial charge in [0.25, 0.3) is 0 Å². The van der Waals surface area contributed by atoms with Crippen LogP contribution >= 0.6 is 11.6 Å². The fourth-order valence-electron chi connectivity index (χ4n) is 0.734. The fourth-order valence-corrected chi connectivity index (χ4v) is 0.823. The lowest BCUT2D eigenvalue weighted by molar-refractivity contribution is 0.357. The Morgan fingerprint density at radius 3 is 2.50 bits per heavy atom. The second kappa shape index (κ2) is 5.42. The van der Waals surface area contributed by atoms with Crippen molar-refractivity contribution in [1.82, 2.24) is 0 Å². The van der Waals surface area contributed by atoms with Crippen molar-refractivity contribution < 1.29 is 0 Å². The fraction of sp³-hybridized carbons (Fsp3) is 0.636. The van der Waals surface area contributed by atoms with Gasteiger partial charge in [0, 0.05) is 5.88 Å². The van der Waals surface area contributed by atoms with E-state index in [9.17, 15) is 0 Å². The molecule has 0 N–H and O–H groups in total. The Labute approximate surface area is 81.3 Å². The van der Waals surface area contributed by atoms with Crippen molar-refractivity contribution in [2.45, 2.75) is 33.6 Å². The molecule has 12 heavy (non-hydrogen) atoms. The normalized spacial score (nSPS) is 12.3. The maximum atomic E-state index is 5.59. The van der Waals surface area contributed by atoms with Gasteiger partial charge >= 0.3 is 0 Å². The van der Waals surface area contributed by atoms with E-state index in [1.165, 1.54) is 6.42 Å². The number of hydrogen-bond acceptors (Lipinski definition) is 0. The van der Waals surface area contributed by atoms with Crippen molar-refractivity contribution in [2.75, 3.05) is 5.88 Å². The van der Waals surface area contributed by atoms with Gasteiger partial charge in [-0.25, -0.2) is 0 Å². The molecule has 0 bridgehead atoms. The molecule has 0 saturated heterocycles. The standard InChI is InChI=1S/C11H19Cl/c1-5-11(3,4)8-6-7-10(2)9-12/h6-7H,2,5,8-9H2,1,3-4H3. The molecule has 0 radical (unpaired) electrons. The molecule has 0 aliphatic heterocycles. The lowest BCUT2D eigenvalue weighted by Crippen LogP contribution is -2.07. The Balaban J connectivity index is 3.81. The van der Waals surface area contributed by atoms with Crippen molar-refractivity contribution in [2.24, 2.45) is 5.41 Å². The van der Waals surface area contributed by atoms with Crippen molar-refractivity contribution in [3.05, 3.63) is 24.3 Å². The maximum Gasteiger partial charge on any atom is 0.0468 e. The van der Waals surface area contributed by atoms with Gasteiger partial charge in [0.15, 0.2) is 0 Å². The van der Waals surface area contributed by atoms with Gasteiger partial charge in [0.2, 0.25) is 0 Å². The minimum absolute atomic E-state index is 0.406. The highest BCUT2D eigenvalue weighted by molar-refractivity contribution is 6.19. The minimum Gasteiger partial charge on any atom is -0.122 e. The van der Waals surface area contributed by atoms with E-state index in [1.807, 2.05) is 6.08 Å². The summed E-state index contributed by atoms with van der Waals surface area (Å²) in [6.45, 7) is 10.5. The van der Waals surface area contributed by atoms with Gasteiger partial charge in [0.05, 0.1) is 0 Å². The zero-order chi connectivity index (χ0) is 9.61. The van der Waals surface area contributed by atoms with Crippen molar-refractivity contribution >= 4 is 11.6 Å². The van der Waals surface area contributed by atoms with E-state index in [2.05, 4.69) is 33.4 Å². The second-order valence-electron chi connectivity index (χ2n) is 3.92. The first-order chi connectivity index (χ1) is 5.52. The Bertz CT molecular complexity index is 166. The molecule has 0 aromatic carbocycles. The molecule has 70 valence electrons. The molecule has 0 rings (SSSR count). The maximum absolute atomic E-state index is 5.59. The highest BCUT2D eigenvalue weighted by Gasteiger charge is 2.11. The molecule has 0 heterocycles. The van der Waals surface area contributed by atoms with Gasteiger partial charge < -0.3 is 0 Å². The molecule has 0 aromatic rings. The van der Waals surface area contributed by atoms with Gasteiger partial charge in [-0.1, -0.05) is 45.9 Å². The summed E-state index contributed by atoms with van der Waals surface area (Å²) in [6, 6.07) is 0. The van der Waals surface area contributed by atoms with Crippen molar-refractivity contribution in [3.63, 3.8) is 0 Å². The van der Waals surface area contributed by atoms with E-state index in [-0.39, 0.29) is 0 Å². The van der Waals surface area contributed by atoms with Gasteiger partial charge in [-0.15, -0.1) is 11.6 Å².